The largest absolute Gasteiger partial charge is 0.488 e. The van der Waals surface area contributed by atoms with E-state index in [9.17, 15) is 4.21 Å². The summed E-state index contributed by atoms with van der Waals surface area (Å²) < 4.78 is 11.7. The molecule has 0 saturated heterocycles. The Labute approximate surface area is 92.7 Å². The fraction of sp³-hybridized carbons (Fsp3) is 0.400. The third-order valence-electron chi connectivity index (χ3n) is 1.93. The molecule has 15 heavy (non-hydrogen) atoms. The van der Waals surface area contributed by atoms with E-state index in [-0.39, 0.29) is 0 Å². The molecule has 0 spiro atoms. The van der Waals surface area contributed by atoms with Crippen LogP contribution in [0.1, 0.15) is 13.8 Å². The Morgan fingerprint density at radius 2 is 1.80 bits per heavy atom. The van der Waals surface area contributed by atoms with Gasteiger partial charge in [-0.1, -0.05) is 26.0 Å². The maximum Gasteiger partial charge on any atom is 0.488 e. The first-order chi connectivity index (χ1) is 7.00. The van der Waals surface area contributed by atoms with Gasteiger partial charge in [0.05, 0.1) is 10.8 Å². The van der Waals surface area contributed by atoms with E-state index >= 15 is 0 Å². The second-order valence-electron chi connectivity index (χ2n) is 3.85. The molecule has 82 valence electrons. The Hall–Kier alpha value is -0.645. The van der Waals surface area contributed by atoms with Crippen molar-refractivity contribution >= 4 is 23.4 Å². The van der Waals surface area contributed by atoms with Crippen molar-refractivity contribution in [2.45, 2.75) is 18.7 Å². The van der Waals surface area contributed by atoms with Gasteiger partial charge in [0, 0.05) is 10.6 Å². The first-order valence-electron chi connectivity index (χ1n) is 4.85. The number of rotatable bonds is 4. The molecule has 0 aliphatic heterocycles. The van der Waals surface area contributed by atoms with E-state index in [2.05, 4.69) is 0 Å². The molecule has 0 heterocycles. The Kier molecular flexibility index (Phi) is 4.51. The highest BCUT2D eigenvalue weighted by molar-refractivity contribution is 7.85. The van der Waals surface area contributed by atoms with E-state index in [1.54, 1.807) is 24.3 Å². The summed E-state index contributed by atoms with van der Waals surface area (Å²) in [5, 5.41) is 17.8. The van der Waals surface area contributed by atoms with Crippen molar-refractivity contribution in [2.75, 3.05) is 5.75 Å². The summed E-state index contributed by atoms with van der Waals surface area (Å²) in [5.41, 5.74) is 0.417. The third kappa shape index (κ3) is 3.78. The lowest BCUT2D eigenvalue weighted by molar-refractivity contribution is 0.425. The minimum Gasteiger partial charge on any atom is -0.423 e. The van der Waals surface area contributed by atoms with Crippen molar-refractivity contribution in [3.63, 3.8) is 0 Å². The molecule has 0 aliphatic carbocycles. The maximum atomic E-state index is 11.7. The van der Waals surface area contributed by atoms with E-state index < -0.39 is 17.9 Å². The van der Waals surface area contributed by atoms with Crippen molar-refractivity contribution in [1.29, 1.82) is 0 Å². The van der Waals surface area contributed by atoms with Gasteiger partial charge >= 0.3 is 7.12 Å². The third-order valence-corrected chi connectivity index (χ3v) is 3.69. The molecule has 0 aliphatic rings. The first-order valence-corrected chi connectivity index (χ1v) is 6.17. The van der Waals surface area contributed by atoms with Crippen LogP contribution < -0.4 is 5.46 Å². The number of benzene rings is 1. The first kappa shape index (κ1) is 12.4. The summed E-state index contributed by atoms with van der Waals surface area (Å²) in [5.74, 6) is 1.01. The Balaban J connectivity index is 2.75. The molecule has 0 bridgehead atoms. The Morgan fingerprint density at radius 1 is 1.27 bits per heavy atom. The van der Waals surface area contributed by atoms with Crippen LogP contribution in [-0.2, 0) is 10.8 Å². The van der Waals surface area contributed by atoms with Crippen LogP contribution in [0.3, 0.4) is 0 Å². The van der Waals surface area contributed by atoms with E-state index in [0.29, 0.717) is 17.1 Å². The van der Waals surface area contributed by atoms with Crippen molar-refractivity contribution in [3.05, 3.63) is 24.3 Å². The molecule has 1 rings (SSSR count). The standard InChI is InChI=1S/C10H15BO3S/c1-8(2)7-15(14)10-5-3-9(4-6-10)11(12)13/h3-6,8,12-13H,7H2,1-2H3/t15-/m1/s1. The van der Waals surface area contributed by atoms with Crippen molar-refractivity contribution in [3.8, 4) is 0 Å². The fourth-order valence-corrected chi connectivity index (χ4v) is 2.43. The SMILES string of the molecule is CC(C)C[S@@](=O)c1ccc(B(O)O)cc1. The molecule has 0 fully saturated rings. The minimum absolute atomic E-state index is 0.383. The van der Waals surface area contributed by atoms with Crippen LogP contribution >= 0.6 is 0 Å². The van der Waals surface area contributed by atoms with Crippen LogP contribution in [0.4, 0.5) is 0 Å². The molecular weight excluding hydrogens is 211 g/mol. The minimum atomic E-state index is -1.46. The predicted molar refractivity (Wildman–Crippen MR) is 62.4 cm³/mol. The van der Waals surface area contributed by atoms with E-state index in [4.69, 9.17) is 10.0 Å². The predicted octanol–water partition coefficient (Wildman–Crippen LogP) is 0.130. The normalized spacial score (nSPS) is 12.9. The molecular formula is C10H15BO3S. The van der Waals surface area contributed by atoms with Crippen LogP contribution in [0.15, 0.2) is 29.2 Å². The van der Waals surface area contributed by atoms with Gasteiger partial charge in [0.1, 0.15) is 0 Å². The van der Waals surface area contributed by atoms with Gasteiger partial charge in [-0.3, -0.25) is 4.21 Å². The van der Waals surface area contributed by atoms with Crippen molar-refractivity contribution in [2.24, 2.45) is 5.92 Å². The van der Waals surface area contributed by atoms with E-state index in [0.717, 1.165) is 4.90 Å². The summed E-state index contributed by atoms with van der Waals surface area (Å²) in [6.07, 6.45) is 0. The summed E-state index contributed by atoms with van der Waals surface area (Å²) in [6, 6.07) is 6.51. The molecule has 1 atom stereocenters. The molecule has 0 unspecified atom stereocenters. The quantitative estimate of drug-likeness (QED) is 0.717. The van der Waals surface area contributed by atoms with E-state index in [1.807, 2.05) is 13.8 Å². The van der Waals surface area contributed by atoms with Gasteiger partial charge in [0.25, 0.3) is 0 Å². The molecule has 0 aromatic heterocycles. The fourth-order valence-electron chi connectivity index (χ4n) is 1.19. The zero-order valence-electron chi connectivity index (χ0n) is 8.88. The molecule has 1 aromatic rings. The summed E-state index contributed by atoms with van der Waals surface area (Å²) in [7, 11) is -2.46. The zero-order valence-corrected chi connectivity index (χ0v) is 9.70. The van der Waals surface area contributed by atoms with Crippen LogP contribution in [0, 0.1) is 5.92 Å². The molecule has 5 heteroatoms. The van der Waals surface area contributed by atoms with Crippen molar-refractivity contribution < 1.29 is 14.3 Å². The molecule has 3 nitrogen and oxygen atoms in total. The summed E-state index contributed by atoms with van der Waals surface area (Å²) >= 11 is 0. The molecule has 1 aromatic carbocycles. The van der Waals surface area contributed by atoms with Gasteiger partial charge in [-0.15, -0.1) is 0 Å². The Bertz CT molecular complexity index is 335. The smallest absolute Gasteiger partial charge is 0.423 e. The van der Waals surface area contributed by atoms with Crippen LogP contribution in [0.2, 0.25) is 0 Å². The highest BCUT2D eigenvalue weighted by Gasteiger charge is 2.11. The average molecular weight is 226 g/mol. The second-order valence-corrected chi connectivity index (χ2v) is 5.34. The molecule has 0 amide bonds. The lowest BCUT2D eigenvalue weighted by Gasteiger charge is -2.06. The highest BCUT2D eigenvalue weighted by Crippen LogP contribution is 2.08. The number of hydrogen-bond acceptors (Lipinski definition) is 3. The topological polar surface area (TPSA) is 57.5 Å². The molecule has 2 N–H and O–H groups in total. The lowest BCUT2D eigenvalue weighted by Crippen LogP contribution is -2.29. The van der Waals surface area contributed by atoms with Gasteiger partial charge in [0.2, 0.25) is 0 Å². The highest BCUT2D eigenvalue weighted by atomic mass is 32.2. The van der Waals surface area contributed by atoms with Crippen LogP contribution in [-0.4, -0.2) is 27.1 Å². The van der Waals surface area contributed by atoms with Crippen molar-refractivity contribution in [1.82, 2.24) is 0 Å². The van der Waals surface area contributed by atoms with Gasteiger partial charge in [-0.25, -0.2) is 0 Å². The van der Waals surface area contributed by atoms with Crippen LogP contribution in [0.25, 0.3) is 0 Å². The van der Waals surface area contributed by atoms with Crippen LogP contribution in [0.5, 0.6) is 0 Å². The summed E-state index contributed by atoms with van der Waals surface area (Å²) in [4.78, 5) is 0.730. The molecule has 0 radical (unpaired) electrons. The number of hydrogen-bond donors (Lipinski definition) is 2. The maximum absolute atomic E-state index is 11.7. The Morgan fingerprint density at radius 3 is 2.20 bits per heavy atom. The van der Waals surface area contributed by atoms with Gasteiger partial charge < -0.3 is 10.0 Å². The summed E-state index contributed by atoms with van der Waals surface area (Å²) in [6.45, 7) is 4.04. The lowest BCUT2D eigenvalue weighted by atomic mass is 9.81. The van der Waals surface area contributed by atoms with Gasteiger partial charge in [0.15, 0.2) is 0 Å². The van der Waals surface area contributed by atoms with Gasteiger partial charge in [-0.05, 0) is 23.5 Å². The average Bonchev–Trinajstić information content (AvgIpc) is 2.17. The second kappa shape index (κ2) is 5.44. The molecule has 0 saturated carbocycles. The van der Waals surface area contributed by atoms with Gasteiger partial charge in [-0.2, -0.15) is 0 Å². The monoisotopic (exact) mass is 226 g/mol. The zero-order chi connectivity index (χ0) is 11.4. The van der Waals surface area contributed by atoms with E-state index in [1.165, 1.54) is 0 Å².